The second-order valence-corrected chi connectivity index (χ2v) is 5.63. The summed E-state index contributed by atoms with van der Waals surface area (Å²) in [6, 6.07) is 7.05. The monoisotopic (exact) mass is 301 g/mol. The highest BCUT2D eigenvalue weighted by Crippen LogP contribution is 2.20. The molecule has 0 saturated heterocycles. The van der Waals surface area contributed by atoms with Gasteiger partial charge in [0.25, 0.3) is 5.56 Å². The Kier molecular flexibility index (Phi) is 4.46. The molecule has 1 aliphatic rings. The van der Waals surface area contributed by atoms with Gasteiger partial charge in [-0.05, 0) is 37.8 Å². The SMILES string of the molecule is O=C(CCn1nnc2ccccc2c1=O)OC1CCCCC1. The summed E-state index contributed by atoms with van der Waals surface area (Å²) >= 11 is 0. The van der Waals surface area contributed by atoms with Crippen molar-refractivity contribution in [2.45, 2.75) is 51.2 Å². The first-order valence-electron chi connectivity index (χ1n) is 7.76. The lowest BCUT2D eigenvalue weighted by molar-refractivity contribution is -0.150. The van der Waals surface area contributed by atoms with E-state index < -0.39 is 0 Å². The van der Waals surface area contributed by atoms with Crippen LogP contribution in [-0.2, 0) is 16.1 Å². The van der Waals surface area contributed by atoms with Crippen molar-refractivity contribution in [3.8, 4) is 0 Å². The van der Waals surface area contributed by atoms with Crippen LogP contribution in [0.3, 0.4) is 0 Å². The first kappa shape index (κ1) is 14.7. The Bertz CT molecular complexity index is 720. The largest absolute Gasteiger partial charge is 0.462 e. The Morgan fingerprint density at radius 2 is 2.00 bits per heavy atom. The maximum atomic E-state index is 12.2. The predicted molar refractivity (Wildman–Crippen MR) is 81.4 cm³/mol. The van der Waals surface area contributed by atoms with Gasteiger partial charge in [-0.2, -0.15) is 0 Å². The molecule has 0 aliphatic heterocycles. The molecule has 0 bridgehead atoms. The van der Waals surface area contributed by atoms with Crippen LogP contribution in [0, 0.1) is 0 Å². The quantitative estimate of drug-likeness (QED) is 0.808. The summed E-state index contributed by atoms with van der Waals surface area (Å²) in [6.07, 6.45) is 5.53. The van der Waals surface area contributed by atoms with E-state index in [-0.39, 0.29) is 30.6 Å². The second kappa shape index (κ2) is 6.68. The summed E-state index contributed by atoms with van der Waals surface area (Å²) in [5, 5.41) is 8.38. The molecule has 22 heavy (non-hydrogen) atoms. The van der Waals surface area contributed by atoms with Crippen LogP contribution in [0.2, 0.25) is 0 Å². The van der Waals surface area contributed by atoms with Crippen molar-refractivity contribution in [1.82, 2.24) is 15.0 Å². The average Bonchev–Trinajstić information content (AvgIpc) is 2.55. The van der Waals surface area contributed by atoms with E-state index >= 15 is 0 Å². The van der Waals surface area contributed by atoms with E-state index in [0.29, 0.717) is 10.9 Å². The fourth-order valence-corrected chi connectivity index (χ4v) is 2.79. The van der Waals surface area contributed by atoms with Crippen LogP contribution >= 0.6 is 0 Å². The van der Waals surface area contributed by atoms with E-state index in [9.17, 15) is 9.59 Å². The summed E-state index contributed by atoms with van der Waals surface area (Å²) in [7, 11) is 0. The number of esters is 1. The lowest BCUT2D eigenvalue weighted by Crippen LogP contribution is -2.27. The molecule has 1 heterocycles. The van der Waals surface area contributed by atoms with Crippen molar-refractivity contribution in [3.05, 3.63) is 34.6 Å². The molecule has 2 aromatic rings. The molecule has 1 fully saturated rings. The Morgan fingerprint density at radius 1 is 1.23 bits per heavy atom. The molecule has 0 unspecified atom stereocenters. The molecule has 3 rings (SSSR count). The van der Waals surface area contributed by atoms with Crippen molar-refractivity contribution in [2.24, 2.45) is 0 Å². The van der Waals surface area contributed by atoms with E-state index in [4.69, 9.17) is 4.74 Å². The number of ether oxygens (including phenoxy) is 1. The Labute approximate surface area is 128 Å². The number of nitrogens with zero attached hydrogens (tertiary/aromatic N) is 3. The highest BCUT2D eigenvalue weighted by molar-refractivity contribution is 5.76. The number of fused-ring (bicyclic) bond motifs is 1. The molecule has 0 N–H and O–H groups in total. The molecule has 1 aliphatic carbocycles. The summed E-state index contributed by atoms with van der Waals surface area (Å²) in [4.78, 5) is 24.1. The second-order valence-electron chi connectivity index (χ2n) is 5.63. The zero-order valence-corrected chi connectivity index (χ0v) is 12.4. The van der Waals surface area contributed by atoms with Gasteiger partial charge in [0.15, 0.2) is 0 Å². The fraction of sp³-hybridized carbons (Fsp3) is 0.500. The third kappa shape index (κ3) is 3.32. The highest BCUT2D eigenvalue weighted by atomic mass is 16.5. The maximum absolute atomic E-state index is 12.2. The normalized spacial score (nSPS) is 15.8. The third-order valence-electron chi connectivity index (χ3n) is 4.01. The van der Waals surface area contributed by atoms with Crippen LogP contribution in [0.4, 0.5) is 0 Å². The number of hydrogen-bond donors (Lipinski definition) is 0. The summed E-state index contributed by atoms with van der Waals surface area (Å²) in [6.45, 7) is 0.197. The van der Waals surface area contributed by atoms with Gasteiger partial charge in [0.05, 0.1) is 18.4 Å². The molecule has 1 aromatic carbocycles. The Morgan fingerprint density at radius 3 is 2.82 bits per heavy atom. The van der Waals surface area contributed by atoms with Gasteiger partial charge in [-0.25, -0.2) is 4.68 Å². The summed E-state index contributed by atoms with van der Waals surface area (Å²) in [5.74, 6) is -0.270. The van der Waals surface area contributed by atoms with E-state index in [1.54, 1.807) is 18.2 Å². The van der Waals surface area contributed by atoms with Crippen molar-refractivity contribution < 1.29 is 9.53 Å². The van der Waals surface area contributed by atoms with E-state index in [0.717, 1.165) is 25.7 Å². The number of carbonyl (C=O) groups is 1. The van der Waals surface area contributed by atoms with Gasteiger partial charge in [0, 0.05) is 0 Å². The summed E-state index contributed by atoms with van der Waals surface area (Å²) in [5.41, 5.74) is 0.338. The minimum absolute atomic E-state index is 0.0423. The van der Waals surface area contributed by atoms with Crippen LogP contribution in [0.1, 0.15) is 38.5 Å². The van der Waals surface area contributed by atoms with Crippen molar-refractivity contribution >= 4 is 16.9 Å². The van der Waals surface area contributed by atoms with Crippen molar-refractivity contribution in [1.29, 1.82) is 0 Å². The molecule has 6 heteroatoms. The molecule has 0 spiro atoms. The van der Waals surface area contributed by atoms with E-state index in [1.165, 1.54) is 11.1 Å². The van der Waals surface area contributed by atoms with E-state index in [1.807, 2.05) is 6.07 Å². The van der Waals surface area contributed by atoms with Gasteiger partial charge in [0.1, 0.15) is 11.6 Å². The molecule has 116 valence electrons. The molecular formula is C16H19N3O3. The number of carbonyl (C=O) groups excluding carboxylic acids is 1. The molecule has 0 atom stereocenters. The van der Waals surface area contributed by atoms with Crippen LogP contribution in [0.25, 0.3) is 10.9 Å². The molecule has 0 amide bonds. The average molecular weight is 301 g/mol. The van der Waals surface area contributed by atoms with Crippen LogP contribution in [0.5, 0.6) is 0 Å². The molecule has 0 radical (unpaired) electrons. The van der Waals surface area contributed by atoms with Gasteiger partial charge >= 0.3 is 5.97 Å². The number of benzene rings is 1. The van der Waals surface area contributed by atoms with Crippen LogP contribution in [-0.4, -0.2) is 27.1 Å². The molecule has 6 nitrogen and oxygen atoms in total. The molecular weight excluding hydrogens is 282 g/mol. The minimum Gasteiger partial charge on any atom is -0.462 e. The molecule has 1 saturated carbocycles. The van der Waals surface area contributed by atoms with Gasteiger partial charge in [0.2, 0.25) is 0 Å². The minimum atomic E-state index is -0.270. The van der Waals surface area contributed by atoms with Crippen LogP contribution in [0.15, 0.2) is 29.1 Å². The first-order chi connectivity index (χ1) is 10.7. The van der Waals surface area contributed by atoms with E-state index in [2.05, 4.69) is 10.3 Å². The number of rotatable bonds is 4. The standard InChI is InChI=1S/C16H19N3O3/c20-15(22-12-6-2-1-3-7-12)10-11-19-16(21)13-8-4-5-9-14(13)17-18-19/h4-5,8-9,12H,1-3,6-7,10-11H2. The number of hydrogen-bond acceptors (Lipinski definition) is 5. The highest BCUT2D eigenvalue weighted by Gasteiger charge is 2.17. The van der Waals surface area contributed by atoms with Crippen molar-refractivity contribution in [3.63, 3.8) is 0 Å². The zero-order valence-electron chi connectivity index (χ0n) is 12.4. The van der Waals surface area contributed by atoms with Gasteiger partial charge in [-0.3, -0.25) is 9.59 Å². The predicted octanol–water partition coefficient (Wildman–Crippen LogP) is 2.06. The maximum Gasteiger partial charge on any atom is 0.307 e. The topological polar surface area (TPSA) is 74.1 Å². The number of aromatic nitrogens is 3. The third-order valence-corrected chi connectivity index (χ3v) is 4.01. The lowest BCUT2D eigenvalue weighted by Gasteiger charge is -2.21. The zero-order chi connectivity index (χ0) is 15.4. The van der Waals surface area contributed by atoms with Gasteiger partial charge in [-0.15, -0.1) is 5.10 Å². The van der Waals surface area contributed by atoms with Gasteiger partial charge in [-0.1, -0.05) is 23.8 Å². The first-order valence-corrected chi connectivity index (χ1v) is 7.76. The number of aryl methyl sites for hydroxylation is 1. The van der Waals surface area contributed by atoms with Crippen molar-refractivity contribution in [2.75, 3.05) is 0 Å². The fourth-order valence-electron chi connectivity index (χ4n) is 2.79. The Hall–Kier alpha value is -2.24. The Balaban J connectivity index is 1.62. The smallest absolute Gasteiger partial charge is 0.307 e. The van der Waals surface area contributed by atoms with Crippen LogP contribution < -0.4 is 5.56 Å². The molecule has 1 aromatic heterocycles. The van der Waals surface area contributed by atoms with Gasteiger partial charge < -0.3 is 4.74 Å². The summed E-state index contributed by atoms with van der Waals surface area (Å²) < 4.78 is 6.66. The lowest BCUT2D eigenvalue weighted by atomic mass is 9.98.